The lowest BCUT2D eigenvalue weighted by Gasteiger charge is -2.16. The highest BCUT2D eigenvalue weighted by atomic mass is 19.4. The zero-order chi connectivity index (χ0) is 19.9. The van der Waals surface area contributed by atoms with Crippen molar-refractivity contribution in [3.05, 3.63) is 66.4 Å². The maximum absolute atomic E-state index is 12.8. The fourth-order valence-electron chi connectivity index (χ4n) is 3.38. The van der Waals surface area contributed by atoms with Crippen molar-refractivity contribution >= 4 is 10.9 Å². The number of fused-ring (bicyclic) bond motifs is 3. The normalized spacial score (nSPS) is 12.4. The molecule has 0 aliphatic carbocycles. The summed E-state index contributed by atoms with van der Waals surface area (Å²) in [5, 5.41) is 1.04. The number of aromatic nitrogens is 2. The Balaban J connectivity index is 1.81. The third-order valence-corrected chi connectivity index (χ3v) is 4.86. The van der Waals surface area contributed by atoms with Crippen LogP contribution in [0, 0.1) is 0 Å². The van der Waals surface area contributed by atoms with E-state index in [0.717, 1.165) is 47.4 Å². The number of para-hydroxylation sites is 1. The molecule has 0 fully saturated rings. The van der Waals surface area contributed by atoms with E-state index < -0.39 is 11.7 Å². The molecular weight excluding hydrogens is 363 g/mol. The van der Waals surface area contributed by atoms with E-state index in [2.05, 4.69) is 21.7 Å². The van der Waals surface area contributed by atoms with Crippen LogP contribution in [0.3, 0.4) is 0 Å². The molecule has 2 aliphatic heterocycles. The molecule has 0 aromatic heterocycles. The number of rotatable bonds is 4. The average molecular weight is 383 g/mol. The van der Waals surface area contributed by atoms with Crippen LogP contribution in [-0.2, 0) is 12.7 Å². The van der Waals surface area contributed by atoms with Crippen molar-refractivity contribution in [2.75, 3.05) is 20.6 Å². The van der Waals surface area contributed by atoms with E-state index in [1.807, 2.05) is 38.4 Å². The molecule has 2 aromatic carbocycles. The molecule has 144 valence electrons. The molecule has 0 radical (unpaired) electrons. The van der Waals surface area contributed by atoms with Crippen molar-refractivity contribution in [3.8, 4) is 22.5 Å². The van der Waals surface area contributed by atoms with Crippen molar-refractivity contribution in [2.24, 2.45) is 0 Å². The lowest BCUT2D eigenvalue weighted by molar-refractivity contribution is -0.137. The first-order valence-corrected chi connectivity index (χ1v) is 9.04. The minimum atomic E-state index is -4.34. The lowest BCUT2D eigenvalue weighted by atomic mass is 10.1. The second-order valence-electron chi connectivity index (χ2n) is 7.16. The van der Waals surface area contributed by atoms with E-state index in [4.69, 9.17) is 4.98 Å². The summed E-state index contributed by atoms with van der Waals surface area (Å²) in [7, 11) is 4.07. The quantitative estimate of drug-likeness (QED) is 0.471. The number of hydrogen-bond acceptors (Lipinski definition) is 2. The summed E-state index contributed by atoms with van der Waals surface area (Å²) in [6.45, 7) is 1.74. The Bertz CT molecular complexity index is 1080. The van der Waals surface area contributed by atoms with Gasteiger partial charge in [-0.05, 0) is 38.4 Å². The largest absolute Gasteiger partial charge is 0.416 e. The standard InChI is InChI=1S/C22H20F3N3/c1-27(2)11-12-28-14-16-13-19(15-7-9-17(10-8-15)22(23,24)25)26-21(16)18-5-3-4-6-20(18)28/h3-10,13-14H,11-12H2,1-2H3. The van der Waals surface area contributed by atoms with Crippen LogP contribution in [-0.4, -0.2) is 35.1 Å². The fourth-order valence-corrected chi connectivity index (χ4v) is 3.38. The van der Waals surface area contributed by atoms with Gasteiger partial charge in [0.2, 0.25) is 0 Å². The van der Waals surface area contributed by atoms with Gasteiger partial charge in [-0.2, -0.15) is 13.2 Å². The van der Waals surface area contributed by atoms with Crippen molar-refractivity contribution in [1.82, 2.24) is 14.5 Å². The predicted molar refractivity (Wildman–Crippen MR) is 105 cm³/mol. The van der Waals surface area contributed by atoms with E-state index in [1.54, 1.807) is 0 Å². The second kappa shape index (κ2) is 6.95. The third-order valence-electron chi connectivity index (χ3n) is 4.86. The van der Waals surface area contributed by atoms with Gasteiger partial charge in [0.05, 0.1) is 22.5 Å². The monoisotopic (exact) mass is 383 g/mol. The number of nitrogens with zero attached hydrogens (tertiary/aromatic N) is 3. The maximum Gasteiger partial charge on any atom is 0.416 e. The van der Waals surface area contributed by atoms with Crippen molar-refractivity contribution < 1.29 is 13.2 Å². The molecule has 2 aromatic rings. The molecular formula is C22H20F3N3. The molecule has 0 N–H and O–H groups in total. The summed E-state index contributed by atoms with van der Waals surface area (Å²) in [6.07, 6.45) is -2.27. The molecule has 6 heteroatoms. The van der Waals surface area contributed by atoms with Gasteiger partial charge in [-0.15, -0.1) is 0 Å². The van der Waals surface area contributed by atoms with E-state index in [9.17, 15) is 13.2 Å². The molecule has 0 unspecified atom stereocenters. The molecule has 28 heavy (non-hydrogen) atoms. The van der Waals surface area contributed by atoms with Crippen LogP contribution in [0.5, 0.6) is 0 Å². The summed E-state index contributed by atoms with van der Waals surface area (Å²) < 4.78 is 40.7. The molecule has 0 spiro atoms. The molecule has 2 heterocycles. The van der Waals surface area contributed by atoms with Gasteiger partial charge in [0.15, 0.2) is 0 Å². The molecule has 3 nitrogen and oxygen atoms in total. The summed E-state index contributed by atoms with van der Waals surface area (Å²) in [5.74, 6) is 0. The Hall–Kier alpha value is -2.86. The van der Waals surface area contributed by atoms with Crippen LogP contribution in [0.25, 0.3) is 33.4 Å². The number of halogens is 3. The van der Waals surface area contributed by atoms with Crippen LogP contribution in [0.15, 0.2) is 60.8 Å². The minimum Gasteiger partial charge on any atom is -0.345 e. The van der Waals surface area contributed by atoms with Crippen LogP contribution in [0.1, 0.15) is 5.56 Å². The second-order valence-corrected chi connectivity index (χ2v) is 7.16. The van der Waals surface area contributed by atoms with E-state index in [1.165, 1.54) is 12.1 Å². The Kier molecular flexibility index (Phi) is 4.59. The molecule has 0 saturated carbocycles. The molecule has 2 aliphatic rings. The van der Waals surface area contributed by atoms with Gasteiger partial charge in [-0.25, -0.2) is 4.98 Å². The van der Waals surface area contributed by atoms with Gasteiger partial charge in [-0.1, -0.05) is 30.3 Å². The highest BCUT2D eigenvalue weighted by molar-refractivity contribution is 5.95. The minimum absolute atomic E-state index is 0.653. The summed E-state index contributed by atoms with van der Waals surface area (Å²) in [4.78, 5) is 6.86. The predicted octanol–water partition coefficient (Wildman–Crippen LogP) is 5.39. The Morgan fingerprint density at radius 1 is 0.964 bits per heavy atom. The van der Waals surface area contributed by atoms with Crippen LogP contribution < -0.4 is 0 Å². The summed E-state index contributed by atoms with van der Waals surface area (Å²) >= 11 is 0. The zero-order valence-corrected chi connectivity index (χ0v) is 15.7. The highest BCUT2D eigenvalue weighted by Crippen LogP contribution is 2.36. The number of pyridine rings is 1. The fraction of sp³-hybridized carbons (Fsp3) is 0.227. The van der Waals surface area contributed by atoms with Crippen LogP contribution >= 0.6 is 0 Å². The summed E-state index contributed by atoms with van der Waals surface area (Å²) in [5.41, 5.74) is 3.64. The highest BCUT2D eigenvalue weighted by Gasteiger charge is 2.30. The van der Waals surface area contributed by atoms with Crippen LogP contribution in [0.4, 0.5) is 13.2 Å². The number of benzene rings is 2. The average Bonchev–Trinajstić information content (AvgIpc) is 3.10. The number of hydrogen-bond donors (Lipinski definition) is 0. The first-order valence-electron chi connectivity index (χ1n) is 9.04. The van der Waals surface area contributed by atoms with Gasteiger partial charge < -0.3 is 9.47 Å². The molecule has 0 saturated heterocycles. The molecule has 0 atom stereocenters. The van der Waals surface area contributed by atoms with Gasteiger partial charge in [-0.3, -0.25) is 0 Å². The number of likely N-dealkylation sites (N-methyl/N-ethyl adjacent to an activating group) is 1. The van der Waals surface area contributed by atoms with E-state index in [0.29, 0.717) is 11.3 Å². The topological polar surface area (TPSA) is 21.1 Å². The van der Waals surface area contributed by atoms with Gasteiger partial charge in [0.25, 0.3) is 0 Å². The van der Waals surface area contributed by atoms with Crippen molar-refractivity contribution in [1.29, 1.82) is 0 Å². The molecule has 0 amide bonds. The third kappa shape index (κ3) is 3.47. The lowest BCUT2D eigenvalue weighted by Crippen LogP contribution is -2.18. The van der Waals surface area contributed by atoms with Crippen LogP contribution in [0.2, 0.25) is 0 Å². The maximum atomic E-state index is 12.8. The van der Waals surface area contributed by atoms with Crippen molar-refractivity contribution in [2.45, 2.75) is 12.7 Å². The van der Waals surface area contributed by atoms with E-state index >= 15 is 0 Å². The SMILES string of the molecule is CN(C)CCn1cc2cc(-c3ccc(C(F)(F)F)cc3)nc-2c2ccccc21. The van der Waals surface area contributed by atoms with Gasteiger partial charge in [0.1, 0.15) is 0 Å². The Labute approximate surface area is 161 Å². The Morgan fingerprint density at radius 2 is 1.68 bits per heavy atom. The first kappa shape index (κ1) is 18.5. The molecule has 4 rings (SSSR count). The zero-order valence-electron chi connectivity index (χ0n) is 15.7. The van der Waals surface area contributed by atoms with Crippen molar-refractivity contribution in [3.63, 3.8) is 0 Å². The first-order chi connectivity index (χ1) is 13.3. The van der Waals surface area contributed by atoms with Gasteiger partial charge in [0, 0.05) is 35.8 Å². The smallest absolute Gasteiger partial charge is 0.345 e. The van der Waals surface area contributed by atoms with Gasteiger partial charge >= 0.3 is 6.18 Å². The number of alkyl halides is 3. The molecule has 0 bridgehead atoms. The van der Waals surface area contributed by atoms with E-state index in [-0.39, 0.29) is 0 Å². The Morgan fingerprint density at radius 3 is 2.36 bits per heavy atom. The summed E-state index contributed by atoms with van der Waals surface area (Å²) in [6, 6.07) is 15.2.